The second-order valence-corrected chi connectivity index (χ2v) is 6.61. The minimum absolute atomic E-state index is 0.0622. The second-order valence-electron chi connectivity index (χ2n) is 6.61. The molecule has 0 radical (unpaired) electrons. The lowest BCUT2D eigenvalue weighted by Crippen LogP contribution is -2.42. The highest BCUT2D eigenvalue weighted by molar-refractivity contribution is 6.02. The number of ketones is 1. The quantitative estimate of drug-likeness (QED) is 0.468. The molecule has 0 aliphatic carbocycles. The number of nitrogens with zero attached hydrogens (tertiary/aromatic N) is 2. The summed E-state index contributed by atoms with van der Waals surface area (Å²) in [6.07, 6.45) is 0. The zero-order chi connectivity index (χ0) is 22.2. The largest absolute Gasteiger partial charge is 0.494 e. The molecule has 158 valence electrons. The van der Waals surface area contributed by atoms with Gasteiger partial charge >= 0.3 is 11.7 Å². The fraction of sp³-hybridized carbons (Fsp3) is 0.300. The van der Waals surface area contributed by atoms with Crippen LogP contribution in [-0.4, -0.2) is 34.1 Å². The van der Waals surface area contributed by atoms with Crippen molar-refractivity contribution in [3.8, 4) is 5.75 Å². The number of nitrogen functional groups attached to an aromatic ring is 1. The maximum absolute atomic E-state index is 12.5. The van der Waals surface area contributed by atoms with Crippen LogP contribution in [0.5, 0.6) is 5.75 Å². The van der Waals surface area contributed by atoms with Crippen molar-refractivity contribution in [2.45, 2.75) is 13.8 Å². The fourth-order valence-corrected chi connectivity index (χ4v) is 3.04. The molecule has 30 heavy (non-hydrogen) atoms. The van der Waals surface area contributed by atoms with Gasteiger partial charge in [-0.2, -0.15) is 0 Å². The van der Waals surface area contributed by atoms with Gasteiger partial charge in [-0.05, 0) is 32.0 Å². The summed E-state index contributed by atoms with van der Waals surface area (Å²) in [6.45, 7) is 3.29. The first-order valence-corrected chi connectivity index (χ1v) is 9.09. The summed E-state index contributed by atoms with van der Waals surface area (Å²) in [5, 5.41) is 0.676. The molecule has 3 rings (SSSR count). The van der Waals surface area contributed by atoms with E-state index in [0.717, 1.165) is 9.13 Å². The van der Waals surface area contributed by atoms with Crippen molar-refractivity contribution in [2.75, 3.05) is 18.9 Å². The standard InChI is InChI=1S/C20H21N3O7/c1-5-28-11-6-7-14-12(8-11)10(2)16(30-14)19(26)29-9-13(24)15-17(21)22(3)20(27)23(4)18(15)25/h6-8H,5,9,21H2,1-4H3. The van der Waals surface area contributed by atoms with Gasteiger partial charge in [0.2, 0.25) is 11.5 Å². The minimum Gasteiger partial charge on any atom is -0.494 e. The van der Waals surface area contributed by atoms with Gasteiger partial charge in [0, 0.05) is 25.0 Å². The van der Waals surface area contributed by atoms with E-state index in [4.69, 9.17) is 19.6 Å². The van der Waals surface area contributed by atoms with Gasteiger partial charge < -0.3 is 19.6 Å². The van der Waals surface area contributed by atoms with Crippen LogP contribution >= 0.6 is 0 Å². The zero-order valence-electron chi connectivity index (χ0n) is 17.0. The summed E-state index contributed by atoms with van der Waals surface area (Å²) in [5.74, 6) is -1.43. The Morgan fingerprint density at radius 2 is 1.87 bits per heavy atom. The Bertz CT molecular complexity index is 1280. The molecule has 0 unspecified atom stereocenters. The summed E-state index contributed by atoms with van der Waals surface area (Å²) in [7, 11) is 2.55. The molecule has 0 bridgehead atoms. The Balaban J connectivity index is 1.84. The molecule has 0 saturated heterocycles. The summed E-state index contributed by atoms with van der Waals surface area (Å²) >= 11 is 0. The number of furan rings is 1. The number of nitrogens with two attached hydrogens (primary N) is 1. The van der Waals surface area contributed by atoms with E-state index in [1.54, 1.807) is 25.1 Å². The van der Waals surface area contributed by atoms with Crippen LogP contribution in [0.15, 0.2) is 32.2 Å². The number of carbonyl (C=O) groups is 2. The zero-order valence-corrected chi connectivity index (χ0v) is 17.0. The first-order chi connectivity index (χ1) is 14.2. The Morgan fingerprint density at radius 3 is 2.53 bits per heavy atom. The molecule has 0 aliphatic heterocycles. The summed E-state index contributed by atoms with van der Waals surface area (Å²) < 4.78 is 17.8. The number of aromatic nitrogens is 2. The lowest BCUT2D eigenvalue weighted by molar-refractivity contribution is 0.0444. The third-order valence-electron chi connectivity index (χ3n) is 4.73. The molecule has 2 N–H and O–H groups in total. The molecular weight excluding hydrogens is 394 g/mol. The van der Waals surface area contributed by atoms with E-state index in [1.165, 1.54) is 14.1 Å². The van der Waals surface area contributed by atoms with Gasteiger partial charge in [0.1, 0.15) is 22.7 Å². The van der Waals surface area contributed by atoms with Crippen molar-refractivity contribution in [3.63, 3.8) is 0 Å². The van der Waals surface area contributed by atoms with Gasteiger partial charge in [-0.25, -0.2) is 9.59 Å². The van der Waals surface area contributed by atoms with Crippen LogP contribution in [0.4, 0.5) is 5.82 Å². The Hall–Kier alpha value is -3.82. The van der Waals surface area contributed by atoms with Crippen LogP contribution in [-0.2, 0) is 18.8 Å². The van der Waals surface area contributed by atoms with Gasteiger partial charge in [0.25, 0.3) is 5.56 Å². The third-order valence-corrected chi connectivity index (χ3v) is 4.73. The molecule has 3 aromatic rings. The van der Waals surface area contributed by atoms with Crippen molar-refractivity contribution in [1.29, 1.82) is 0 Å². The molecule has 2 heterocycles. The summed E-state index contributed by atoms with van der Waals surface area (Å²) in [6, 6.07) is 5.13. The van der Waals surface area contributed by atoms with Gasteiger partial charge in [0.15, 0.2) is 6.61 Å². The van der Waals surface area contributed by atoms with Crippen molar-refractivity contribution in [2.24, 2.45) is 14.1 Å². The monoisotopic (exact) mass is 415 g/mol. The average Bonchev–Trinajstić information content (AvgIpc) is 3.05. The Morgan fingerprint density at radius 1 is 1.17 bits per heavy atom. The number of fused-ring (bicyclic) bond motifs is 1. The van der Waals surface area contributed by atoms with Crippen molar-refractivity contribution >= 4 is 28.5 Å². The number of Topliss-reactive ketones (excluding diaryl/α,β-unsaturated/α-hetero) is 1. The number of anilines is 1. The Kier molecular flexibility index (Phi) is 5.50. The molecule has 0 amide bonds. The smallest absolute Gasteiger partial charge is 0.375 e. The topological polar surface area (TPSA) is 136 Å². The van der Waals surface area contributed by atoms with E-state index >= 15 is 0 Å². The van der Waals surface area contributed by atoms with Crippen molar-refractivity contribution in [1.82, 2.24) is 9.13 Å². The molecule has 10 heteroatoms. The molecule has 0 spiro atoms. The second kappa shape index (κ2) is 7.90. The SMILES string of the molecule is CCOc1ccc2oc(C(=O)OCC(=O)c3c(N)n(C)c(=O)n(C)c3=O)c(C)c2c1. The molecule has 0 saturated carbocycles. The number of hydrogen-bond acceptors (Lipinski definition) is 8. The van der Waals surface area contributed by atoms with Crippen molar-refractivity contribution < 1.29 is 23.5 Å². The van der Waals surface area contributed by atoms with Gasteiger partial charge in [-0.15, -0.1) is 0 Å². The molecule has 2 aromatic heterocycles. The van der Waals surface area contributed by atoms with E-state index < -0.39 is 35.2 Å². The van der Waals surface area contributed by atoms with Crippen LogP contribution < -0.4 is 21.7 Å². The number of ether oxygens (including phenoxy) is 2. The van der Waals surface area contributed by atoms with Crippen molar-refractivity contribution in [3.05, 3.63) is 55.9 Å². The number of rotatable bonds is 6. The number of aryl methyl sites for hydroxylation is 1. The first kappa shape index (κ1) is 20.9. The normalized spacial score (nSPS) is 10.9. The van der Waals surface area contributed by atoms with Crippen LogP contribution in [0.25, 0.3) is 11.0 Å². The number of esters is 1. The summed E-state index contributed by atoms with van der Waals surface area (Å²) in [5.41, 5.74) is 4.78. The minimum atomic E-state index is -0.866. The number of carbonyl (C=O) groups excluding carboxylic acids is 2. The third kappa shape index (κ3) is 3.47. The van der Waals surface area contributed by atoms with E-state index in [2.05, 4.69) is 0 Å². The fourth-order valence-electron chi connectivity index (χ4n) is 3.04. The van der Waals surface area contributed by atoms with Crippen LogP contribution in [0.2, 0.25) is 0 Å². The maximum atomic E-state index is 12.5. The van der Waals surface area contributed by atoms with E-state index in [1.807, 2.05) is 6.92 Å². The predicted molar refractivity (Wildman–Crippen MR) is 108 cm³/mol. The molecule has 0 aliphatic rings. The van der Waals surface area contributed by atoms with Gasteiger partial charge in [-0.3, -0.25) is 18.7 Å². The molecule has 1 aromatic carbocycles. The van der Waals surface area contributed by atoms with E-state index in [9.17, 15) is 19.2 Å². The van der Waals surface area contributed by atoms with E-state index in [0.29, 0.717) is 28.9 Å². The van der Waals surface area contributed by atoms with Gasteiger partial charge in [0.05, 0.1) is 6.61 Å². The highest BCUT2D eigenvalue weighted by atomic mass is 16.5. The molecular formula is C20H21N3O7. The highest BCUT2D eigenvalue weighted by Gasteiger charge is 2.24. The molecule has 10 nitrogen and oxygen atoms in total. The maximum Gasteiger partial charge on any atom is 0.375 e. The van der Waals surface area contributed by atoms with Crippen LogP contribution in [0.1, 0.15) is 33.4 Å². The predicted octanol–water partition coefficient (Wildman–Crippen LogP) is 1.16. The lowest BCUT2D eigenvalue weighted by Gasteiger charge is -2.10. The van der Waals surface area contributed by atoms with Crippen LogP contribution in [0, 0.1) is 6.92 Å². The number of hydrogen-bond donors (Lipinski definition) is 1. The average molecular weight is 415 g/mol. The van der Waals surface area contributed by atoms with Gasteiger partial charge in [-0.1, -0.05) is 0 Å². The molecule has 0 atom stereocenters. The lowest BCUT2D eigenvalue weighted by atomic mass is 10.1. The Labute approximate surface area is 170 Å². The first-order valence-electron chi connectivity index (χ1n) is 9.09. The van der Waals surface area contributed by atoms with E-state index in [-0.39, 0.29) is 11.6 Å². The molecule has 0 fully saturated rings. The number of benzene rings is 1. The van der Waals surface area contributed by atoms with Crippen LogP contribution in [0.3, 0.4) is 0 Å². The summed E-state index contributed by atoms with van der Waals surface area (Å²) in [4.78, 5) is 49.1. The highest BCUT2D eigenvalue weighted by Crippen LogP contribution is 2.29.